The van der Waals surface area contributed by atoms with Crippen molar-refractivity contribution in [2.45, 2.75) is 51.1 Å². The van der Waals surface area contributed by atoms with E-state index in [1.165, 1.54) is 10.5 Å². The Balaban J connectivity index is 1.40. The Labute approximate surface area is 208 Å². The summed E-state index contributed by atoms with van der Waals surface area (Å²) in [7, 11) is 1.91. The highest BCUT2D eigenvalue weighted by molar-refractivity contribution is 5.80. The summed E-state index contributed by atoms with van der Waals surface area (Å²) < 4.78 is 36.0. The van der Waals surface area contributed by atoms with Gasteiger partial charge in [0.15, 0.2) is 5.82 Å². The zero-order valence-corrected chi connectivity index (χ0v) is 20.4. The summed E-state index contributed by atoms with van der Waals surface area (Å²) in [6.45, 7) is 2.62. The Kier molecular flexibility index (Phi) is 5.99. The lowest BCUT2D eigenvalue weighted by Crippen LogP contribution is -2.40. The molecule has 0 unspecified atom stereocenters. The number of fused-ring (bicyclic) bond motifs is 2. The molecule has 3 aromatic rings. The number of hydrogen-bond acceptors (Lipinski definition) is 5. The molecule has 0 bridgehead atoms. The second kappa shape index (κ2) is 9.31. The number of anilines is 2. The molecule has 1 fully saturated rings. The zero-order chi connectivity index (χ0) is 24.8. The third-order valence-corrected chi connectivity index (χ3v) is 7.59. The van der Waals surface area contributed by atoms with Crippen molar-refractivity contribution < 1.29 is 18.3 Å². The molecule has 6 rings (SSSR count). The van der Waals surface area contributed by atoms with Gasteiger partial charge in [-0.1, -0.05) is 6.07 Å². The molecule has 3 aliphatic heterocycles. The topological polar surface area (TPSA) is 68.4 Å². The van der Waals surface area contributed by atoms with Gasteiger partial charge < -0.3 is 14.5 Å². The second-order valence-corrected chi connectivity index (χ2v) is 9.85. The molecule has 10 heteroatoms. The summed E-state index contributed by atoms with van der Waals surface area (Å²) in [5.74, 6) is -0.316. The van der Waals surface area contributed by atoms with Gasteiger partial charge in [0.2, 0.25) is 0 Å². The highest BCUT2D eigenvalue weighted by atomic mass is 19.3. The van der Waals surface area contributed by atoms with E-state index in [1.54, 1.807) is 4.68 Å². The van der Waals surface area contributed by atoms with Crippen molar-refractivity contribution in [3.8, 4) is 11.1 Å². The van der Waals surface area contributed by atoms with Crippen LogP contribution in [0.5, 0.6) is 0 Å². The maximum Gasteiger partial charge on any atom is 0.315 e. The zero-order valence-electron chi connectivity index (χ0n) is 20.4. The first-order valence-corrected chi connectivity index (χ1v) is 12.6. The Morgan fingerprint density at radius 2 is 1.97 bits per heavy atom. The van der Waals surface area contributed by atoms with Gasteiger partial charge in [0.1, 0.15) is 0 Å². The molecule has 2 aromatic heterocycles. The van der Waals surface area contributed by atoms with Crippen LogP contribution >= 0.6 is 0 Å². The van der Waals surface area contributed by atoms with E-state index >= 15 is 0 Å². The number of carbonyl (C=O) groups excluding carboxylic acids is 1. The van der Waals surface area contributed by atoms with Crippen LogP contribution in [0.2, 0.25) is 0 Å². The molecule has 8 nitrogen and oxygen atoms in total. The number of halogens is 2. The number of rotatable bonds is 4. The number of nitrogens with zero attached hydrogens (tertiary/aromatic N) is 6. The molecule has 0 saturated carbocycles. The fraction of sp³-hybridized carbons (Fsp3) is 0.500. The van der Waals surface area contributed by atoms with E-state index in [9.17, 15) is 13.6 Å². The molecule has 0 spiro atoms. The molecule has 1 aromatic carbocycles. The average Bonchev–Trinajstić information content (AvgIpc) is 3.51. The van der Waals surface area contributed by atoms with Crippen molar-refractivity contribution in [1.29, 1.82) is 0 Å². The van der Waals surface area contributed by atoms with Crippen molar-refractivity contribution >= 4 is 17.4 Å². The Hall–Kier alpha value is -3.27. The summed E-state index contributed by atoms with van der Waals surface area (Å²) in [6, 6.07) is 6.66. The van der Waals surface area contributed by atoms with Gasteiger partial charge >= 0.3 is 6.43 Å². The third-order valence-electron chi connectivity index (χ3n) is 7.59. The lowest BCUT2D eigenvalue weighted by Gasteiger charge is -2.33. The Bertz CT molecular complexity index is 1280. The van der Waals surface area contributed by atoms with Crippen molar-refractivity contribution in [2.75, 3.05) is 31.2 Å². The molecule has 0 aliphatic carbocycles. The van der Waals surface area contributed by atoms with Crippen molar-refractivity contribution in [2.24, 2.45) is 7.05 Å². The highest BCUT2D eigenvalue weighted by Gasteiger charge is 2.35. The van der Waals surface area contributed by atoms with Gasteiger partial charge in [0.05, 0.1) is 18.8 Å². The lowest BCUT2D eigenvalue weighted by molar-refractivity contribution is -0.143. The van der Waals surface area contributed by atoms with Crippen LogP contribution in [-0.4, -0.2) is 63.1 Å². The largest absolute Gasteiger partial charge is 0.381 e. The SMILES string of the molecule is Cn1cc(-c2ccc3c(c2)CCCN3c2nn(C3CCOCC3)c3c2CN(C(=O)C(F)F)CC3)cn1. The third kappa shape index (κ3) is 4.07. The summed E-state index contributed by atoms with van der Waals surface area (Å²) in [5.41, 5.74) is 6.46. The molecule has 0 atom stereocenters. The van der Waals surface area contributed by atoms with Crippen LogP contribution in [0, 0.1) is 0 Å². The molecule has 36 heavy (non-hydrogen) atoms. The first-order valence-electron chi connectivity index (χ1n) is 12.6. The summed E-state index contributed by atoms with van der Waals surface area (Å²) in [4.78, 5) is 15.7. The van der Waals surface area contributed by atoms with E-state index < -0.39 is 12.3 Å². The van der Waals surface area contributed by atoms with Crippen LogP contribution in [0.15, 0.2) is 30.6 Å². The maximum absolute atomic E-state index is 13.3. The van der Waals surface area contributed by atoms with Crippen LogP contribution in [0.3, 0.4) is 0 Å². The number of carbonyl (C=O) groups is 1. The number of ether oxygens (including phenoxy) is 1. The number of aryl methyl sites for hydroxylation is 2. The maximum atomic E-state index is 13.3. The number of benzene rings is 1. The number of aromatic nitrogens is 4. The van der Waals surface area contributed by atoms with Gasteiger partial charge in [0.25, 0.3) is 5.91 Å². The minimum atomic E-state index is -3.00. The van der Waals surface area contributed by atoms with Crippen molar-refractivity contribution in [3.63, 3.8) is 0 Å². The van der Waals surface area contributed by atoms with Gasteiger partial charge in [-0.15, -0.1) is 0 Å². The predicted octanol–water partition coefficient (Wildman–Crippen LogP) is 3.87. The molecule has 0 radical (unpaired) electrons. The smallest absolute Gasteiger partial charge is 0.315 e. The first kappa shape index (κ1) is 23.1. The van der Waals surface area contributed by atoms with Crippen LogP contribution in [0.1, 0.15) is 42.1 Å². The standard InChI is InChI=1S/C26H30F2N6O2/c1-31-15-19(14-29-31)17-4-5-22-18(13-17)3-2-9-33(22)25-21-16-32(26(35)24(27)28)10-6-23(21)34(30-25)20-7-11-36-12-8-20/h4-5,13-15,20,24H,2-3,6-12,16H2,1H3. The molecule has 1 amide bonds. The number of hydrogen-bond donors (Lipinski definition) is 0. The minimum Gasteiger partial charge on any atom is -0.381 e. The van der Waals surface area contributed by atoms with Gasteiger partial charge in [-0.3, -0.25) is 14.2 Å². The average molecular weight is 497 g/mol. The second-order valence-electron chi connectivity index (χ2n) is 9.85. The quantitative estimate of drug-likeness (QED) is 0.549. The Morgan fingerprint density at radius 1 is 1.14 bits per heavy atom. The summed E-state index contributed by atoms with van der Waals surface area (Å²) in [5, 5.41) is 9.40. The fourth-order valence-corrected chi connectivity index (χ4v) is 5.77. The fourth-order valence-electron chi connectivity index (χ4n) is 5.77. The van der Waals surface area contributed by atoms with E-state index in [2.05, 4.69) is 32.9 Å². The van der Waals surface area contributed by atoms with E-state index in [0.717, 1.165) is 66.1 Å². The highest BCUT2D eigenvalue weighted by Crippen LogP contribution is 2.40. The first-order chi connectivity index (χ1) is 17.5. The minimum absolute atomic E-state index is 0.163. The van der Waals surface area contributed by atoms with Crippen molar-refractivity contribution in [1.82, 2.24) is 24.5 Å². The molecule has 5 heterocycles. The summed E-state index contributed by atoms with van der Waals surface area (Å²) in [6.07, 6.45) is 5.06. The lowest BCUT2D eigenvalue weighted by atomic mass is 9.96. The van der Waals surface area contributed by atoms with Crippen LogP contribution in [0.4, 0.5) is 20.3 Å². The molecular formula is C26H30F2N6O2. The summed E-state index contributed by atoms with van der Waals surface area (Å²) >= 11 is 0. The van der Waals surface area contributed by atoms with E-state index in [4.69, 9.17) is 9.84 Å². The number of alkyl halides is 2. The molecule has 0 N–H and O–H groups in total. The monoisotopic (exact) mass is 496 g/mol. The predicted molar refractivity (Wildman–Crippen MR) is 130 cm³/mol. The van der Waals surface area contributed by atoms with Gasteiger partial charge in [-0.25, -0.2) is 0 Å². The molecule has 3 aliphatic rings. The van der Waals surface area contributed by atoms with E-state index in [-0.39, 0.29) is 19.1 Å². The van der Waals surface area contributed by atoms with E-state index in [0.29, 0.717) is 19.6 Å². The van der Waals surface area contributed by atoms with Gasteiger partial charge in [-0.05, 0) is 48.9 Å². The van der Waals surface area contributed by atoms with Gasteiger partial charge in [0, 0.05) is 68.5 Å². The normalized spacial score (nSPS) is 18.4. The molecule has 190 valence electrons. The molecular weight excluding hydrogens is 466 g/mol. The van der Waals surface area contributed by atoms with Crippen LogP contribution in [0.25, 0.3) is 11.1 Å². The van der Waals surface area contributed by atoms with Crippen LogP contribution < -0.4 is 4.90 Å². The van der Waals surface area contributed by atoms with Crippen LogP contribution in [-0.2, 0) is 36.0 Å². The van der Waals surface area contributed by atoms with Crippen molar-refractivity contribution in [3.05, 3.63) is 47.4 Å². The van der Waals surface area contributed by atoms with E-state index in [1.807, 2.05) is 19.4 Å². The van der Waals surface area contributed by atoms with Gasteiger partial charge in [-0.2, -0.15) is 19.0 Å². The number of amides is 1. The molecule has 1 saturated heterocycles. The Morgan fingerprint density at radius 3 is 2.72 bits per heavy atom.